The van der Waals surface area contributed by atoms with Crippen molar-refractivity contribution in [3.8, 4) is 0 Å². The number of carbonyl (C=O) groups is 3. The second-order valence-electron chi connectivity index (χ2n) is 7.59. The Kier molecular flexibility index (Phi) is 8.62. The normalized spacial score (nSPS) is 15.9. The predicted molar refractivity (Wildman–Crippen MR) is 127 cm³/mol. The van der Waals surface area contributed by atoms with Crippen molar-refractivity contribution < 1.29 is 23.9 Å². The number of carbonyl (C=O) groups excluding carboxylic acids is 3. The third-order valence-corrected chi connectivity index (χ3v) is 6.08. The van der Waals surface area contributed by atoms with Crippen LogP contribution in [-0.2, 0) is 25.5 Å². The first-order chi connectivity index (χ1) is 15.9. The largest absolute Gasteiger partial charge is 0.460 e. The molecule has 33 heavy (non-hydrogen) atoms. The van der Waals surface area contributed by atoms with E-state index in [2.05, 4.69) is 10.6 Å². The van der Waals surface area contributed by atoms with Crippen molar-refractivity contribution in [2.45, 2.75) is 32.7 Å². The first-order valence-electron chi connectivity index (χ1n) is 10.8. The van der Waals surface area contributed by atoms with Gasteiger partial charge in [-0.2, -0.15) is 0 Å². The van der Waals surface area contributed by atoms with E-state index in [1.54, 1.807) is 30.0 Å². The number of benzene rings is 1. The number of amides is 3. The number of anilines is 1. The van der Waals surface area contributed by atoms with Crippen molar-refractivity contribution in [3.05, 3.63) is 63.5 Å². The first-order valence-corrected chi connectivity index (χ1v) is 11.7. The smallest absolute Gasteiger partial charge is 0.338 e. The van der Waals surface area contributed by atoms with Crippen molar-refractivity contribution in [2.24, 2.45) is 0 Å². The zero-order chi connectivity index (χ0) is 23.8. The highest BCUT2D eigenvalue weighted by molar-refractivity contribution is 7.10. The van der Waals surface area contributed by atoms with Crippen molar-refractivity contribution in [2.75, 3.05) is 32.2 Å². The molecule has 0 saturated heterocycles. The minimum absolute atomic E-state index is 0.110. The molecule has 3 amide bonds. The summed E-state index contributed by atoms with van der Waals surface area (Å²) >= 11 is 1.52. The van der Waals surface area contributed by atoms with Crippen LogP contribution in [0.1, 0.15) is 36.8 Å². The number of urea groups is 1. The van der Waals surface area contributed by atoms with E-state index >= 15 is 0 Å². The monoisotopic (exact) mass is 471 g/mol. The molecule has 0 aliphatic carbocycles. The van der Waals surface area contributed by atoms with Gasteiger partial charge in [0.05, 0.1) is 24.6 Å². The number of rotatable bonds is 10. The fourth-order valence-corrected chi connectivity index (χ4v) is 4.36. The van der Waals surface area contributed by atoms with E-state index in [9.17, 15) is 14.4 Å². The average molecular weight is 472 g/mol. The molecule has 176 valence electrons. The van der Waals surface area contributed by atoms with Crippen LogP contribution in [0.4, 0.5) is 10.5 Å². The van der Waals surface area contributed by atoms with E-state index in [-0.39, 0.29) is 31.6 Å². The topological polar surface area (TPSA) is 97.0 Å². The summed E-state index contributed by atoms with van der Waals surface area (Å²) in [6.45, 7) is 4.59. The van der Waals surface area contributed by atoms with Crippen LogP contribution >= 0.6 is 11.3 Å². The molecule has 1 aromatic carbocycles. The van der Waals surface area contributed by atoms with E-state index in [1.807, 2.05) is 30.5 Å². The van der Waals surface area contributed by atoms with E-state index < -0.39 is 12.0 Å². The first kappa shape index (κ1) is 24.5. The molecule has 9 heteroatoms. The highest BCUT2D eigenvalue weighted by Crippen LogP contribution is 2.32. The molecule has 2 heterocycles. The van der Waals surface area contributed by atoms with Crippen LogP contribution in [0.2, 0.25) is 0 Å². The Bertz CT molecular complexity index is 1020. The number of allylic oxidation sites excluding steroid dienone is 1. The lowest BCUT2D eigenvalue weighted by Crippen LogP contribution is -2.48. The van der Waals surface area contributed by atoms with E-state index in [1.165, 1.54) is 18.4 Å². The number of nitrogens with one attached hydrogen (secondary N) is 2. The fourth-order valence-electron chi connectivity index (χ4n) is 3.66. The van der Waals surface area contributed by atoms with Gasteiger partial charge in [-0.3, -0.25) is 9.69 Å². The molecule has 1 aliphatic heterocycles. The summed E-state index contributed by atoms with van der Waals surface area (Å²) in [6, 6.07) is 9.97. The van der Waals surface area contributed by atoms with E-state index in [0.717, 1.165) is 11.3 Å². The summed E-state index contributed by atoms with van der Waals surface area (Å²) in [4.78, 5) is 40.7. The zero-order valence-electron chi connectivity index (χ0n) is 19.1. The SMILES string of the molecule is CCCN1C(=O)NC(c2cccc(NC(=O)Cc3cccs3)c2)C(C(=O)OCCOC)=C1C. The molecule has 1 aliphatic rings. The molecule has 1 atom stereocenters. The summed E-state index contributed by atoms with van der Waals surface area (Å²) < 4.78 is 10.4. The Balaban J connectivity index is 1.86. The molecular formula is C24H29N3O5S. The summed E-state index contributed by atoms with van der Waals surface area (Å²) in [5.41, 5.74) is 2.18. The molecule has 2 aromatic rings. The minimum Gasteiger partial charge on any atom is -0.460 e. The van der Waals surface area contributed by atoms with Crippen molar-refractivity contribution in [1.82, 2.24) is 10.2 Å². The fraction of sp³-hybridized carbons (Fsp3) is 0.375. The summed E-state index contributed by atoms with van der Waals surface area (Å²) in [6.07, 6.45) is 1.03. The highest BCUT2D eigenvalue weighted by atomic mass is 32.1. The molecular weight excluding hydrogens is 442 g/mol. The second kappa shape index (κ2) is 11.6. The van der Waals surface area contributed by atoms with Gasteiger partial charge in [0.2, 0.25) is 5.91 Å². The van der Waals surface area contributed by atoms with Crippen molar-refractivity contribution >= 4 is 34.9 Å². The standard InChI is InChI=1S/C24H29N3O5S/c1-4-10-27-16(2)21(23(29)32-12-11-31-3)22(26-24(27)30)17-7-5-8-18(14-17)25-20(28)15-19-9-6-13-33-19/h5-9,13-14,22H,4,10-12,15H2,1-3H3,(H,25,28)(H,26,30). The molecule has 0 spiro atoms. The van der Waals surface area contributed by atoms with Gasteiger partial charge in [-0.25, -0.2) is 9.59 Å². The van der Waals surface area contributed by atoms with Crippen LogP contribution < -0.4 is 10.6 Å². The Hall–Kier alpha value is -3.17. The van der Waals surface area contributed by atoms with Gasteiger partial charge in [-0.1, -0.05) is 25.1 Å². The third-order valence-electron chi connectivity index (χ3n) is 5.20. The lowest BCUT2D eigenvalue weighted by atomic mass is 9.94. The van der Waals surface area contributed by atoms with Gasteiger partial charge >= 0.3 is 12.0 Å². The van der Waals surface area contributed by atoms with Gasteiger partial charge in [-0.15, -0.1) is 11.3 Å². The van der Waals surface area contributed by atoms with Crippen LogP contribution in [0.25, 0.3) is 0 Å². The number of hydrogen-bond acceptors (Lipinski definition) is 6. The average Bonchev–Trinajstić information content (AvgIpc) is 3.29. The number of esters is 1. The lowest BCUT2D eigenvalue weighted by molar-refractivity contribution is -0.141. The van der Waals surface area contributed by atoms with Gasteiger partial charge in [0, 0.05) is 29.9 Å². The molecule has 1 aromatic heterocycles. The Labute approximate surface area is 197 Å². The van der Waals surface area contributed by atoms with Crippen LogP contribution in [0.5, 0.6) is 0 Å². The summed E-state index contributed by atoms with van der Waals surface area (Å²) in [7, 11) is 1.53. The lowest BCUT2D eigenvalue weighted by Gasteiger charge is -2.35. The predicted octanol–water partition coefficient (Wildman–Crippen LogP) is 3.87. The van der Waals surface area contributed by atoms with Crippen molar-refractivity contribution in [3.63, 3.8) is 0 Å². The van der Waals surface area contributed by atoms with Crippen LogP contribution in [0.15, 0.2) is 53.0 Å². The van der Waals surface area contributed by atoms with Crippen LogP contribution in [-0.4, -0.2) is 49.7 Å². The van der Waals surface area contributed by atoms with E-state index in [0.29, 0.717) is 29.1 Å². The number of nitrogens with zero attached hydrogens (tertiary/aromatic N) is 1. The van der Waals surface area contributed by atoms with Gasteiger partial charge in [0.1, 0.15) is 6.61 Å². The zero-order valence-corrected chi connectivity index (χ0v) is 19.9. The molecule has 0 fully saturated rings. The molecule has 3 rings (SSSR count). The van der Waals surface area contributed by atoms with Gasteiger partial charge in [-0.05, 0) is 42.5 Å². The molecule has 0 bridgehead atoms. The molecule has 0 radical (unpaired) electrons. The highest BCUT2D eigenvalue weighted by Gasteiger charge is 2.36. The maximum absolute atomic E-state index is 13.0. The van der Waals surface area contributed by atoms with Gasteiger partial charge < -0.3 is 20.1 Å². The maximum atomic E-state index is 13.0. The summed E-state index contributed by atoms with van der Waals surface area (Å²) in [5, 5.41) is 7.74. The number of ether oxygens (including phenoxy) is 2. The third kappa shape index (κ3) is 6.21. The Morgan fingerprint density at radius 1 is 1.21 bits per heavy atom. The van der Waals surface area contributed by atoms with Gasteiger partial charge in [0.25, 0.3) is 0 Å². The molecule has 2 N–H and O–H groups in total. The van der Waals surface area contributed by atoms with Crippen LogP contribution in [0, 0.1) is 0 Å². The second-order valence-corrected chi connectivity index (χ2v) is 8.62. The molecule has 1 unspecified atom stereocenters. The molecule has 8 nitrogen and oxygen atoms in total. The van der Waals surface area contributed by atoms with E-state index in [4.69, 9.17) is 9.47 Å². The van der Waals surface area contributed by atoms with Crippen molar-refractivity contribution in [1.29, 1.82) is 0 Å². The number of hydrogen-bond donors (Lipinski definition) is 2. The maximum Gasteiger partial charge on any atom is 0.338 e. The molecule has 0 saturated carbocycles. The minimum atomic E-state index is -0.699. The number of methoxy groups -OCH3 is 1. The quantitative estimate of drug-likeness (QED) is 0.405. The Morgan fingerprint density at radius 3 is 2.73 bits per heavy atom. The number of thiophene rings is 1. The Morgan fingerprint density at radius 2 is 2.03 bits per heavy atom. The summed E-state index contributed by atoms with van der Waals surface area (Å²) in [5.74, 6) is -0.648. The van der Waals surface area contributed by atoms with Crippen LogP contribution in [0.3, 0.4) is 0 Å². The van der Waals surface area contributed by atoms with Gasteiger partial charge in [0.15, 0.2) is 0 Å².